The van der Waals surface area contributed by atoms with Crippen LogP contribution in [-0.2, 0) is 30.7 Å². The highest BCUT2D eigenvalue weighted by molar-refractivity contribution is 7.91. The molecule has 2 rings (SSSR count). The molecule has 0 bridgehead atoms. The molecule has 1 amide bonds. The smallest absolute Gasteiger partial charge is 0.251 e. The normalized spacial score (nSPS) is 11.6. The van der Waals surface area contributed by atoms with E-state index in [0.29, 0.717) is 30.8 Å². The van der Waals surface area contributed by atoms with Crippen LogP contribution in [0.15, 0.2) is 34.1 Å². The number of nitrogens with one attached hydrogen (secondary N) is 1. The zero-order chi connectivity index (χ0) is 20.9. The van der Waals surface area contributed by atoms with Crippen LogP contribution in [0.5, 0.6) is 0 Å². The summed E-state index contributed by atoms with van der Waals surface area (Å²) in [5, 5.41) is 2.66. The average molecular weight is 412 g/mol. The third-order valence-electron chi connectivity index (χ3n) is 4.43. The number of amides is 1. The topological polar surface area (TPSA) is 86.6 Å². The zero-order valence-corrected chi connectivity index (χ0v) is 17.2. The molecule has 0 aliphatic carbocycles. The van der Waals surface area contributed by atoms with E-state index in [1.807, 2.05) is 0 Å². The first kappa shape index (κ1) is 22.1. The van der Waals surface area contributed by atoms with E-state index >= 15 is 0 Å². The van der Waals surface area contributed by atoms with E-state index in [-0.39, 0.29) is 22.2 Å². The Labute approximate surface area is 164 Å². The highest BCUT2D eigenvalue weighted by Crippen LogP contribution is 2.35. The summed E-state index contributed by atoms with van der Waals surface area (Å²) in [7, 11) is -1.02. The van der Waals surface area contributed by atoms with Crippen molar-refractivity contribution in [3.63, 3.8) is 0 Å². The maximum Gasteiger partial charge on any atom is 0.251 e. The second-order valence-corrected chi connectivity index (χ2v) is 8.21. The Morgan fingerprint density at radius 3 is 2.36 bits per heavy atom. The minimum atomic E-state index is -3.98. The molecule has 0 spiro atoms. The number of carbonyl (C=O) groups is 1. The zero-order valence-electron chi connectivity index (χ0n) is 16.4. The van der Waals surface area contributed by atoms with Crippen molar-refractivity contribution in [3.8, 4) is 0 Å². The summed E-state index contributed by atoms with van der Waals surface area (Å²) in [5.74, 6) is -0.821. The van der Waals surface area contributed by atoms with Crippen molar-refractivity contribution in [1.82, 2.24) is 4.57 Å². The molecule has 0 aliphatic heterocycles. The lowest BCUT2D eigenvalue weighted by Gasteiger charge is -2.14. The van der Waals surface area contributed by atoms with E-state index < -0.39 is 21.6 Å². The number of anilines is 1. The molecular formula is C19H25FN2O5S. The van der Waals surface area contributed by atoms with Gasteiger partial charge in [-0.2, -0.15) is 0 Å². The quantitative estimate of drug-likeness (QED) is 0.506. The van der Waals surface area contributed by atoms with Gasteiger partial charge in [-0.15, -0.1) is 0 Å². The maximum atomic E-state index is 13.3. The largest absolute Gasteiger partial charge is 0.385 e. The second kappa shape index (κ2) is 9.31. The third kappa shape index (κ3) is 4.60. The molecule has 0 unspecified atom stereocenters. The van der Waals surface area contributed by atoms with Gasteiger partial charge in [0, 0.05) is 33.1 Å². The summed E-state index contributed by atoms with van der Waals surface area (Å²) in [6.45, 7) is 4.21. The highest BCUT2D eigenvalue weighted by Gasteiger charge is 2.30. The second-order valence-electron chi connectivity index (χ2n) is 6.32. The number of halogens is 1. The monoisotopic (exact) mass is 412 g/mol. The van der Waals surface area contributed by atoms with Crippen molar-refractivity contribution in [2.75, 3.05) is 32.8 Å². The van der Waals surface area contributed by atoms with Gasteiger partial charge in [-0.1, -0.05) is 0 Å². The van der Waals surface area contributed by atoms with Crippen LogP contribution in [0.25, 0.3) is 0 Å². The Morgan fingerprint density at radius 2 is 1.79 bits per heavy atom. The summed E-state index contributed by atoms with van der Waals surface area (Å²) >= 11 is 0. The third-order valence-corrected chi connectivity index (χ3v) is 6.36. The predicted molar refractivity (Wildman–Crippen MR) is 103 cm³/mol. The molecule has 0 fully saturated rings. The van der Waals surface area contributed by atoms with Gasteiger partial charge in [-0.3, -0.25) is 4.79 Å². The number of nitrogens with zero attached hydrogens (tertiary/aromatic N) is 1. The van der Waals surface area contributed by atoms with Crippen molar-refractivity contribution in [2.24, 2.45) is 0 Å². The molecule has 1 aromatic carbocycles. The fourth-order valence-electron chi connectivity index (χ4n) is 2.97. The minimum Gasteiger partial charge on any atom is -0.385 e. The lowest BCUT2D eigenvalue weighted by molar-refractivity contribution is -0.119. The van der Waals surface area contributed by atoms with Crippen LogP contribution < -0.4 is 5.32 Å². The fraction of sp³-hybridized carbons (Fsp3) is 0.421. The molecule has 0 atom stereocenters. The number of benzene rings is 1. The van der Waals surface area contributed by atoms with Gasteiger partial charge >= 0.3 is 0 Å². The van der Waals surface area contributed by atoms with Gasteiger partial charge in [0.05, 0.1) is 4.90 Å². The van der Waals surface area contributed by atoms with Gasteiger partial charge in [-0.25, -0.2) is 12.8 Å². The minimum absolute atomic E-state index is 0.00141. The molecule has 2 aromatic rings. The average Bonchev–Trinajstić information content (AvgIpc) is 2.87. The molecule has 0 saturated heterocycles. The number of aromatic nitrogens is 1. The van der Waals surface area contributed by atoms with E-state index in [4.69, 9.17) is 9.47 Å². The van der Waals surface area contributed by atoms with Gasteiger partial charge in [0.25, 0.3) is 5.91 Å². The van der Waals surface area contributed by atoms with Crippen molar-refractivity contribution in [1.29, 1.82) is 0 Å². The fourth-order valence-corrected chi connectivity index (χ4v) is 4.66. The number of methoxy groups -OCH3 is 2. The van der Waals surface area contributed by atoms with Crippen molar-refractivity contribution in [2.45, 2.75) is 36.6 Å². The van der Waals surface area contributed by atoms with Gasteiger partial charge in [0.15, 0.2) is 0 Å². The first-order valence-corrected chi connectivity index (χ1v) is 10.2. The first-order chi connectivity index (χ1) is 13.2. The molecule has 9 heteroatoms. The molecule has 0 aliphatic rings. The molecule has 1 heterocycles. The standard InChI is InChI=1S/C19H25FN2O5S/c1-13-14(2)22(10-5-11-26-3)19(21-17(23)12-27-4)18(13)28(24,25)16-8-6-15(20)7-9-16/h6-9H,5,10-12H2,1-4H3,(H,21,23). The number of rotatable bonds is 9. The van der Waals surface area contributed by atoms with Crippen LogP contribution in [-0.4, -0.2) is 46.3 Å². The molecule has 1 N–H and O–H groups in total. The van der Waals surface area contributed by atoms with Crippen LogP contribution in [0.4, 0.5) is 10.2 Å². The molecule has 154 valence electrons. The van der Waals surface area contributed by atoms with Crippen LogP contribution in [0.1, 0.15) is 17.7 Å². The van der Waals surface area contributed by atoms with Crippen LogP contribution >= 0.6 is 0 Å². The molecule has 1 aromatic heterocycles. The van der Waals surface area contributed by atoms with Crippen molar-refractivity contribution >= 4 is 21.6 Å². The summed E-state index contributed by atoms with van der Waals surface area (Å²) in [4.78, 5) is 12.1. The van der Waals surface area contributed by atoms with E-state index in [1.165, 1.54) is 19.2 Å². The molecule has 0 radical (unpaired) electrons. The molecule has 0 saturated carbocycles. The van der Waals surface area contributed by atoms with Gasteiger partial charge in [-0.05, 0) is 50.1 Å². The van der Waals surface area contributed by atoms with E-state index in [1.54, 1.807) is 25.5 Å². The molecule has 7 nitrogen and oxygen atoms in total. The predicted octanol–water partition coefficient (Wildman–Crippen LogP) is 2.70. The lowest BCUT2D eigenvalue weighted by atomic mass is 10.3. The molecular weight excluding hydrogens is 387 g/mol. The maximum absolute atomic E-state index is 13.3. The number of ether oxygens (including phenoxy) is 2. The lowest BCUT2D eigenvalue weighted by Crippen LogP contribution is -2.21. The Kier molecular flexibility index (Phi) is 7.34. The van der Waals surface area contributed by atoms with Crippen LogP contribution in [0, 0.1) is 19.7 Å². The SMILES string of the molecule is COCCCn1c(C)c(C)c(S(=O)(=O)c2ccc(F)cc2)c1NC(=O)COC. The Balaban J connectivity index is 2.62. The van der Waals surface area contributed by atoms with Gasteiger partial charge in [0.1, 0.15) is 23.1 Å². The summed E-state index contributed by atoms with van der Waals surface area (Å²) < 4.78 is 51.5. The number of hydrogen-bond donors (Lipinski definition) is 1. The first-order valence-electron chi connectivity index (χ1n) is 8.72. The van der Waals surface area contributed by atoms with E-state index in [0.717, 1.165) is 12.1 Å². The Hall–Kier alpha value is -2.23. The van der Waals surface area contributed by atoms with Gasteiger partial charge < -0.3 is 19.4 Å². The number of sulfone groups is 1. The van der Waals surface area contributed by atoms with Gasteiger partial charge in [0.2, 0.25) is 9.84 Å². The molecule has 28 heavy (non-hydrogen) atoms. The van der Waals surface area contributed by atoms with Crippen molar-refractivity contribution in [3.05, 3.63) is 41.3 Å². The van der Waals surface area contributed by atoms with Crippen molar-refractivity contribution < 1.29 is 27.1 Å². The van der Waals surface area contributed by atoms with Crippen LogP contribution in [0.2, 0.25) is 0 Å². The summed E-state index contributed by atoms with van der Waals surface area (Å²) in [5.41, 5.74) is 1.24. The summed E-state index contributed by atoms with van der Waals surface area (Å²) in [6.07, 6.45) is 0.634. The Morgan fingerprint density at radius 1 is 1.14 bits per heavy atom. The highest BCUT2D eigenvalue weighted by atomic mass is 32.2. The van der Waals surface area contributed by atoms with E-state index in [2.05, 4.69) is 5.32 Å². The number of hydrogen-bond acceptors (Lipinski definition) is 5. The van der Waals surface area contributed by atoms with E-state index in [9.17, 15) is 17.6 Å². The van der Waals surface area contributed by atoms with Crippen LogP contribution in [0.3, 0.4) is 0 Å². The summed E-state index contributed by atoms with van der Waals surface area (Å²) in [6, 6.07) is 4.60. The number of carbonyl (C=O) groups excluding carboxylic acids is 1. The Bertz CT molecular complexity index is 936.